The maximum absolute atomic E-state index is 12.4. The van der Waals surface area contributed by atoms with E-state index in [1.54, 1.807) is 4.90 Å². The Balaban J connectivity index is 2.14. The van der Waals surface area contributed by atoms with E-state index in [-0.39, 0.29) is 34.7 Å². The number of methoxy groups -OCH3 is 1. The van der Waals surface area contributed by atoms with E-state index in [1.165, 1.54) is 7.11 Å². The lowest BCUT2D eigenvalue weighted by atomic mass is 9.91. The van der Waals surface area contributed by atoms with Crippen LogP contribution >= 0.6 is 0 Å². The number of likely N-dealkylation sites (tertiary alicyclic amines) is 1. The lowest BCUT2D eigenvalue weighted by molar-refractivity contribution is -0.153. The second-order valence-corrected chi connectivity index (χ2v) is 7.71. The first-order valence-corrected chi connectivity index (χ1v) is 6.97. The van der Waals surface area contributed by atoms with Crippen molar-refractivity contribution in [3.8, 4) is 0 Å². The maximum Gasteiger partial charge on any atom is 0.328 e. The van der Waals surface area contributed by atoms with Crippen molar-refractivity contribution in [3.63, 3.8) is 0 Å². The summed E-state index contributed by atoms with van der Waals surface area (Å²) in [5, 5.41) is 0. The molecule has 1 aliphatic heterocycles. The minimum absolute atomic E-state index is 0.0555. The van der Waals surface area contributed by atoms with Crippen molar-refractivity contribution in [2.24, 2.45) is 22.7 Å². The van der Waals surface area contributed by atoms with Gasteiger partial charge in [-0.2, -0.15) is 0 Å². The van der Waals surface area contributed by atoms with Gasteiger partial charge >= 0.3 is 5.97 Å². The van der Waals surface area contributed by atoms with Crippen LogP contribution in [-0.4, -0.2) is 36.5 Å². The summed E-state index contributed by atoms with van der Waals surface area (Å²) in [5.74, 6) is 0.524. The SMILES string of the molecule is COC(=O)[C@@H]1[C@@H]2[C@H](CN1C(=O)CC(C)(C)C)C2(C)C. The molecule has 0 radical (unpaired) electrons. The van der Waals surface area contributed by atoms with Gasteiger partial charge < -0.3 is 9.64 Å². The summed E-state index contributed by atoms with van der Waals surface area (Å²) in [4.78, 5) is 26.1. The highest BCUT2D eigenvalue weighted by Crippen LogP contribution is 2.65. The third kappa shape index (κ3) is 2.37. The molecule has 2 rings (SSSR count). The highest BCUT2D eigenvalue weighted by Gasteiger charge is 2.69. The van der Waals surface area contributed by atoms with Crippen LogP contribution in [0.2, 0.25) is 0 Å². The largest absolute Gasteiger partial charge is 0.467 e. The smallest absolute Gasteiger partial charge is 0.328 e. The topological polar surface area (TPSA) is 46.6 Å². The van der Waals surface area contributed by atoms with Gasteiger partial charge in [-0.15, -0.1) is 0 Å². The average molecular weight is 267 g/mol. The van der Waals surface area contributed by atoms with Gasteiger partial charge in [0.05, 0.1) is 7.11 Å². The number of ether oxygens (including phenoxy) is 1. The number of hydrogen-bond acceptors (Lipinski definition) is 3. The van der Waals surface area contributed by atoms with Gasteiger partial charge in [-0.25, -0.2) is 4.79 Å². The van der Waals surface area contributed by atoms with Gasteiger partial charge in [0.25, 0.3) is 0 Å². The Bertz CT molecular complexity index is 408. The lowest BCUT2D eigenvalue weighted by Crippen LogP contribution is -2.46. The molecule has 19 heavy (non-hydrogen) atoms. The van der Waals surface area contributed by atoms with Gasteiger partial charge in [-0.1, -0.05) is 34.6 Å². The van der Waals surface area contributed by atoms with E-state index in [1.807, 2.05) is 20.8 Å². The first-order chi connectivity index (χ1) is 8.59. The maximum atomic E-state index is 12.4. The van der Waals surface area contributed by atoms with Crippen LogP contribution in [0.1, 0.15) is 41.0 Å². The van der Waals surface area contributed by atoms with Crippen LogP contribution in [0.15, 0.2) is 0 Å². The fraction of sp³-hybridized carbons (Fsp3) is 0.867. The number of nitrogens with zero attached hydrogens (tertiary/aromatic N) is 1. The summed E-state index contributed by atoms with van der Waals surface area (Å²) >= 11 is 0. The van der Waals surface area contributed by atoms with Gasteiger partial charge in [-0.3, -0.25) is 4.79 Å². The Kier molecular flexibility index (Phi) is 3.19. The number of piperidine rings is 1. The molecule has 0 spiro atoms. The zero-order valence-corrected chi connectivity index (χ0v) is 12.8. The van der Waals surface area contributed by atoms with E-state index in [2.05, 4.69) is 13.8 Å². The van der Waals surface area contributed by atoms with Crippen LogP contribution in [0.3, 0.4) is 0 Å². The third-order valence-corrected chi connectivity index (χ3v) is 4.65. The van der Waals surface area contributed by atoms with Crippen molar-refractivity contribution >= 4 is 11.9 Å². The molecule has 0 bridgehead atoms. The van der Waals surface area contributed by atoms with Gasteiger partial charge in [-0.05, 0) is 16.7 Å². The van der Waals surface area contributed by atoms with Gasteiger partial charge in [0.2, 0.25) is 5.91 Å². The summed E-state index contributed by atoms with van der Waals surface area (Å²) in [5.41, 5.74) is 0.109. The third-order valence-electron chi connectivity index (χ3n) is 4.65. The van der Waals surface area contributed by atoms with Crippen molar-refractivity contribution < 1.29 is 14.3 Å². The Morgan fingerprint density at radius 2 is 1.89 bits per heavy atom. The van der Waals surface area contributed by atoms with Crippen LogP contribution in [0.25, 0.3) is 0 Å². The number of esters is 1. The molecule has 0 aromatic rings. The zero-order valence-electron chi connectivity index (χ0n) is 12.8. The molecule has 1 amide bonds. The molecule has 108 valence electrons. The lowest BCUT2D eigenvalue weighted by Gasteiger charge is -2.31. The van der Waals surface area contributed by atoms with Gasteiger partial charge in [0.1, 0.15) is 6.04 Å². The van der Waals surface area contributed by atoms with E-state index in [0.717, 1.165) is 0 Å². The van der Waals surface area contributed by atoms with E-state index in [4.69, 9.17) is 4.74 Å². The minimum atomic E-state index is -0.375. The first kappa shape index (κ1) is 14.4. The van der Waals surface area contributed by atoms with Crippen LogP contribution in [0, 0.1) is 22.7 Å². The van der Waals surface area contributed by atoms with Crippen LogP contribution < -0.4 is 0 Å². The quantitative estimate of drug-likeness (QED) is 0.720. The fourth-order valence-corrected chi connectivity index (χ4v) is 3.49. The number of amides is 1. The summed E-state index contributed by atoms with van der Waals surface area (Å²) in [7, 11) is 1.40. The molecule has 0 N–H and O–H groups in total. The molecular formula is C15H25NO3. The normalized spacial score (nSPS) is 31.9. The zero-order chi connectivity index (χ0) is 14.6. The molecular weight excluding hydrogens is 242 g/mol. The second-order valence-electron chi connectivity index (χ2n) is 7.71. The summed E-state index contributed by atoms with van der Waals surface area (Å²) in [6.07, 6.45) is 0.473. The van der Waals surface area contributed by atoms with Crippen LogP contribution in [-0.2, 0) is 14.3 Å². The van der Waals surface area contributed by atoms with E-state index < -0.39 is 0 Å². The minimum Gasteiger partial charge on any atom is -0.467 e. The molecule has 1 saturated heterocycles. The van der Waals surface area contributed by atoms with Crippen molar-refractivity contribution in [3.05, 3.63) is 0 Å². The average Bonchev–Trinajstić information content (AvgIpc) is 2.65. The Hall–Kier alpha value is -1.06. The highest BCUT2D eigenvalue weighted by atomic mass is 16.5. The molecule has 4 nitrogen and oxygen atoms in total. The Morgan fingerprint density at radius 1 is 1.32 bits per heavy atom. The Labute approximate surface area is 115 Å². The summed E-state index contributed by atoms with van der Waals surface area (Å²) in [6, 6.07) is -0.375. The summed E-state index contributed by atoms with van der Waals surface area (Å²) in [6.45, 7) is 11.2. The second kappa shape index (κ2) is 4.22. The monoisotopic (exact) mass is 267 g/mol. The molecule has 1 saturated carbocycles. The molecule has 2 aliphatic rings. The van der Waals surface area contributed by atoms with E-state index in [0.29, 0.717) is 18.9 Å². The van der Waals surface area contributed by atoms with Crippen molar-refractivity contribution in [2.45, 2.75) is 47.1 Å². The molecule has 2 fully saturated rings. The number of fused-ring (bicyclic) bond motifs is 1. The number of rotatable bonds is 2. The molecule has 4 heteroatoms. The van der Waals surface area contributed by atoms with E-state index in [9.17, 15) is 9.59 Å². The van der Waals surface area contributed by atoms with Crippen molar-refractivity contribution in [1.29, 1.82) is 0 Å². The molecule has 3 atom stereocenters. The molecule has 1 aliphatic carbocycles. The molecule has 0 aromatic heterocycles. The van der Waals surface area contributed by atoms with Crippen molar-refractivity contribution in [2.75, 3.05) is 13.7 Å². The van der Waals surface area contributed by atoms with Crippen LogP contribution in [0.4, 0.5) is 0 Å². The standard InChI is InChI=1S/C15H25NO3/c1-14(2,3)7-10(17)16-8-9-11(15(9,4)5)12(16)13(18)19-6/h9,11-12H,7-8H2,1-6H3/t9-,11-,12-/m0/s1. The number of hydrogen-bond donors (Lipinski definition) is 0. The Morgan fingerprint density at radius 3 is 2.37 bits per heavy atom. The predicted octanol–water partition coefficient (Wildman–Crippen LogP) is 2.08. The van der Waals surface area contributed by atoms with E-state index >= 15 is 0 Å². The number of carbonyl (C=O) groups excluding carboxylic acids is 2. The highest BCUT2D eigenvalue weighted by molar-refractivity contribution is 5.86. The van der Waals surface area contributed by atoms with Gasteiger partial charge in [0, 0.05) is 18.9 Å². The molecule has 0 unspecified atom stereocenters. The summed E-state index contributed by atoms with van der Waals surface area (Å²) < 4.78 is 4.90. The first-order valence-electron chi connectivity index (χ1n) is 6.97. The van der Waals surface area contributed by atoms with Crippen LogP contribution in [0.5, 0.6) is 0 Å². The molecule has 0 aromatic carbocycles. The van der Waals surface area contributed by atoms with Gasteiger partial charge in [0.15, 0.2) is 0 Å². The predicted molar refractivity (Wildman–Crippen MR) is 72.4 cm³/mol. The fourth-order valence-electron chi connectivity index (χ4n) is 3.49. The molecule has 1 heterocycles. The number of carbonyl (C=O) groups is 2. The van der Waals surface area contributed by atoms with Crippen molar-refractivity contribution in [1.82, 2.24) is 4.90 Å².